The van der Waals surface area contributed by atoms with E-state index in [1.807, 2.05) is 0 Å². The van der Waals surface area contributed by atoms with Gasteiger partial charge in [-0.2, -0.15) is 0 Å². The molecular weight excluding hydrogens is 240 g/mol. The second-order valence-electron chi connectivity index (χ2n) is 6.17. The smallest absolute Gasteiger partial charge is 0.237 e. The first-order chi connectivity index (χ1) is 8.92. The van der Waals surface area contributed by atoms with E-state index in [2.05, 4.69) is 33.0 Å². The van der Waals surface area contributed by atoms with Gasteiger partial charge in [0, 0.05) is 12.6 Å². The van der Waals surface area contributed by atoms with E-state index in [1.165, 1.54) is 0 Å². The van der Waals surface area contributed by atoms with E-state index in [4.69, 9.17) is 10.5 Å². The Hall–Kier alpha value is -0.610. The fraction of sp³-hybridized carbons (Fsp3) is 0.933. The van der Waals surface area contributed by atoms with Crippen molar-refractivity contribution in [2.45, 2.75) is 77.5 Å². The van der Waals surface area contributed by atoms with Crippen molar-refractivity contribution in [3.05, 3.63) is 0 Å². The molecule has 3 N–H and O–H groups in total. The normalized spacial score (nSPS) is 24.2. The van der Waals surface area contributed by atoms with Gasteiger partial charge in [-0.1, -0.05) is 27.7 Å². The molecule has 19 heavy (non-hydrogen) atoms. The highest BCUT2D eigenvalue weighted by molar-refractivity contribution is 5.81. The summed E-state index contributed by atoms with van der Waals surface area (Å²) in [7, 11) is 0. The lowest BCUT2D eigenvalue weighted by Crippen LogP contribution is -2.52. The topological polar surface area (TPSA) is 64.4 Å². The molecular formula is C15H30N2O2. The van der Waals surface area contributed by atoms with Gasteiger partial charge in [0.15, 0.2) is 0 Å². The predicted octanol–water partition coefficient (Wildman–Crippen LogP) is 2.21. The van der Waals surface area contributed by atoms with Gasteiger partial charge in [-0.05, 0) is 38.0 Å². The lowest BCUT2D eigenvalue weighted by atomic mass is 9.85. The van der Waals surface area contributed by atoms with Crippen LogP contribution in [0.3, 0.4) is 0 Å². The molecule has 1 heterocycles. The summed E-state index contributed by atoms with van der Waals surface area (Å²) in [4.78, 5) is 12.1. The third kappa shape index (κ3) is 4.77. The molecule has 1 fully saturated rings. The highest BCUT2D eigenvalue weighted by Crippen LogP contribution is 2.31. The van der Waals surface area contributed by atoms with Crippen LogP contribution in [0.5, 0.6) is 0 Å². The standard InChI is InChI=1S/C15H30N2O2/c1-5-15(6-2)10-12(7-8-19-15)17-14(18)13(16)9-11(3)4/h11-13H,5-10,16H2,1-4H3,(H,17,18). The van der Waals surface area contributed by atoms with Gasteiger partial charge in [-0.25, -0.2) is 0 Å². The molecule has 4 nitrogen and oxygen atoms in total. The Balaban J connectivity index is 2.50. The molecule has 0 spiro atoms. The maximum atomic E-state index is 12.1. The van der Waals surface area contributed by atoms with Crippen LogP contribution in [0.4, 0.5) is 0 Å². The van der Waals surface area contributed by atoms with Gasteiger partial charge in [0.1, 0.15) is 0 Å². The number of hydrogen-bond acceptors (Lipinski definition) is 3. The molecule has 2 unspecified atom stereocenters. The van der Waals surface area contributed by atoms with Crippen molar-refractivity contribution in [3.63, 3.8) is 0 Å². The highest BCUT2D eigenvalue weighted by atomic mass is 16.5. The summed E-state index contributed by atoms with van der Waals surface area (Å²) in [5.74, 6) is 0.433. The number of carbonyl (C=O) groups is 1. The van der Waals surface area contributed by atoms with Crippen molar-refractivity contribution in [2.75, 3.05) is 6.61 Å². The molecule has 0 saturated carbocycles. The molecule has 0 aliphatic carbocycles. The summed E-state index contributed by atoms with van der Waals surface area (Å²) in [6, 6.07) is -0.181. The third-order valence-corrected chi connectivity index (χ3v) is 4.19. The van der Waals surface area contributed by atoms with Crippen molar-refractivity contribution >= 4 is 5.91 Å². The van der Waals surface area contributed by atoms with Gasteiger partial charge in [-0.15, -0.1) is 0 Å². The molecule has 1 aliphatic heterocycles. The number of nitrogens with two attached hydrogens (primary N) is 1. The van der Waals surface area contributed by atoms with E-state index in [0.29, 0.717) is 5.92 Å². The van der Waals surface area contributed by atoms with Gasteiger partial charge < -0.3 is 15.8 Å². The average Bonchev–Trinajstić information content (AvgIpc) is 2.38. The van der Waals surface area contributed by atoms with Crippen LogP contribution < -0.4 is 11.1 Å². The minimum atomic E-state index is -0.388. The first kappa shape index (κ1) is 16.4. The molecule has 0 aromatic rings. The number of hydrogen-bond donors (Lipinski definition) is 2. The van der Waals surface area contributed by atoms with Crippen LogP contribution in [0.15, 0.2) is 0 Å². The number of amides is 1. The second kappa shape index (κ2) is 7.25. The third-order valence-electron chi connectivity index (χ3n) is 4.19. The lowest BCUT2D eigenvalue weighted by molar-refractivity contribution is -0.127. The van der Waals surface area contributed by atoms with E-state index in [1.54, 1.807) is 0 Å². The molecule has 2 atom stereocenters. The van der Waals surface area contributed by atoms with Gasteiger partial charge in [-0.3, -0.25) is 4.79 Å². The summed E-state index contributed by atoms with van der Waals surface area (Å²) < 4.78 is 5.92. The van der Waals surface area contributed by atoms with Crippen LogP contribution in [-0.2, 0) is 9.53 Å². The molecule has 1 saturated heterocycles. The quantitative estimate of drug-likeness (QED) is 0.778. The summed E-state index contributed by atoms with van der Waals surface area (Å²) in [6.07, 6.45) is 4.52. The van der Waals surface area contributed by atoms with E-state index in [9.17, 15) is 4.79 Å². The average molecular weight is 270 g/mol. The van der Waals surface area contributed by atoms with Crippen LogP contribution >= 0.6 is 0 Å². The fourth-order valence-electron chi connectivity index (χ4n) is 2.82. The Kier molecular flexibility index (Phi) is 6.27. The van der Waals surface area contributed by atoms with Crippen LogP contribution in [0.25, 0.3) is 0 Å². The number of nitrogens with one attached hydrogen (secondary N) is 1. The second-order valence-corrected chi connectivity index (χ2v) is 6.17. The van der Waals surface area contributed by atoms with Crippen molar-refractivity contribution in [1.82, 2.24) is 5.32 Å². The zero-order valence-electron chi connectivity index (χ0n) is 12.9. The van der Waals surface area contributed by atoms with Crippen LogP contribution in [0.2, 0.25) is 0 Å². The minimum Gasteiger partial charge on any atom is -0.375 e. The number of rotatable bonds is 6. The maximum absolute atomic E-state index is 12.1. The first-order valence-electron chi connectivity index (χ1n) is 7.62. The largest absolute Gasteiger partial charge is 0.375 e. The highest BCUT2D eigenvalue weighted by Gasteiger charge is 2.35. The van der Waals surface area contributed by atoms with Gasteiger partial charge in [0.25, 0.3) is 0 Å². The molecule has 0 aromatic carbocycles. The summed E-state index contributed by atoms with van der Waals surface area (Å²) >= 11 is 0. The van der Waals surface area contributed by atoms with E-state index in [-0.39, 0.29) is 23.6 Å². The van der Waals surface area contributed by atoms with Crippen molar-refractivity contribution in [3.8, 4) is 0 Å². The molecule has 1 rings (SSSR count). The Labute approximate surface area is 117 Å². The van der Waals surface area contributed by atoms with Crippen LogP contribution in [0.1, 0.15) is 59.8 Å². The zero-order chi connectivity index (χ0) is 14.5. The van der Waals surface area contributed by atoms with Crippen molar-refractivity contribution in [2.24, 2.45) is 11.7 Å². The molecule has 0 radical (unpaired) electrons. The van der Waals surface area contributed by atoms with Gasteiger partial charge in [0.05, 0.1) is 11.6 Å². The molecule has 0 aromatic heterocycles. The molecule has 1 amide bonds. The molecule has 0 bridgehead atoms. The van der Waals surface area contributed by atoms with Crippen molar-refractivity contribution < 1.29 is 9.53 Å². The summed E-state index contributed by atoms with van der Waals surface area (Å²) in [5.41, 5.74) is 5.87. The fourth-order valence-corrected chi connectivity index (χ4v) is 2.82. The minimum absolute atomic E-state index is 0.0123. The Morgan fingerprint density at radius 3 is 2.58 bits per heavy atom. The Bertz CT molecular complexity index is 288. The number of carbonyl (C=O) groups excluding carboxylic acids is 1. The van der Waals surface area contributed by atoms with E-state index >= 15 is 0 Å². The summed E-state index contributed by atoms with van der Waals surface area (Å²) in [6.45, 7) is 9.20. The maximum Gasteiger partial charge on any atom is 0.237 e. The Morgan fingerprint density at radius 2 is 2.05 bits per heavy atom. The van der Waals surface area contributed by atoms with Crippen LogP contribution in [0, 0.1) is 5.92 Å². The van der Waals surface area contributed by atoms with Gasteiger partial charge in [0.2, 0.25) is 5.91 Å². The monoisotopic (exact) mass is 270 g/mol. The number of ether oxygens (including phenoxy) is 1. The van der Waals surface area contributed by atoms with E-state index < -0.39 is 0 Å². The lowest BCUT2D eigenvalue weighted by Gasteiger charge is -2.40. The first-order valence-corrected chi connectivity index (χ1v) is 7.62. The Morgan fingerprint density at radius 1 is 1.42 bits per heavy atom. The van der Waals surface area contributed by atoms with E-state index in [0.717, 1.165) is 38.7 Å². The van der Waals surface area contributed by atoms with Crippen molar-refractivity contribution in [1.29, 1.82) is 0 Å². The predicted molar refractivity (Wildman–Crippen MR) is 77.9 cm³/mol. The zero-order valence-corrected chi connectivity index (χ0v) is 12.9. The molecule has 1 aliphatic rings. The van der Waals surface area contributed by atoms with Crippen LogP contribution in [-0.4, -0.2) is 30.2 Å². The summed E-state index contributed by atoms with van der Waals surface area (Å²) in [5, 5.41) is 3.10. The molecule has 112 valence electrons. The van der Waals surface area contributed by atoms with Gasteiger partial charge >= 0.3 is 0 Å². The molecule has 4 heteroatoms. The SMILES string of the molecule is CCC1(CC)CC(NC(=O)C(N)CC(C)C)CCO1.